The Morgan fingerprint density at radius 3 is 2.67 bits per heavy atom. The first-order valence-electron chi connectivity index (χ1n) is 6.06. The fourth-order valence-corrected chi connectivity index (χ4v) is 2.75. The summed E-state index contributed by atoms with van der Waals surface area (Å²) >= 11 is 1.38. The van der Waals surface area contributed by atoms with E-state index in [0.29, 0.717) is 16.5 Å². The van der Waals surface area contributed by atoms with Crippen LogP contribution in [-0.2, 0) is 0 Å². The maximum Gasteiger partial charge on any atom is 0.235 e. The van der Waals surface area contributed by atoms with Crippen molar-refractivity contribution >= 4 is 16.3 Å². The molecule has 0 aliphatic heterocycles. The second-order valence-corrected chi connectivity index (χ2v) is 5.18. The van der Waals surface area contributed by atoms with Crippen LogP contribution in [0.25, 0.3) is 27.1 Å². The maximum atomic E-state index is 13.0. The Bertz CT molecular complexity index is 899. The van der Waals surface area contributed by atoms with Crippen LogP contribution in [0.1, 0.15) is 0 Å². The Morgan fingerprint density at radius 2 is 1.90 bits per heavy atom. The molecule has 0 unspecified atom stereocenters. The Kier molecular flexibility index (Phi) is 2.68. The van der Waals surface area contributed by atoms with Gasteiger partial charge in [-0.1, -0.05) is 11.3 Å². The van der Waals surface area contributed by atoms with Gasteiger partial charge in [0.1, 0.15) is 16.5 Å². The van der Waals surface area contributed by atoms with Crippen molar-refractivity contribution in [2.24, 2.45) is 0 Å². The van der Waals surface area contributed by atoms with Gasteiger partial charge in [0.15, 0.2) is 0 Å². The molecule has 0 aliphatic carbocycles. The van der Waals surface area contributed by atoms with Crippen molar-refractivity contribution in [2.45, 2.75) is 0 Å². The number of nitrogens with zero attached hydrogens (tertiary/aromatic N) is 6. The largest absolute Gasteiger partial charge is 0.261 e. The number of hydrogen-bond donors (Lipinski definition) is 0. The molecule has 3 heterocycles. The lowest BCUT2D eigenvalue weighted by molar-refractivity contribution is 0.628. The van der Waals surface area contributed by atoms with Crippen molar-refractivity contribution < 1.29 is 4.39 Å². The molecule has 0 N–H and O–H groups in total. The molecule has 0 amide bonds. The van der Waals surface area contributed by atoms with E-state index in [-0.39, 0.29) is 5.82 Å². The van der Waals surface area contributed by atoms with Crippen LogP contribution >= 0.6 is 11.3 Å². The van der Waals surface area contributed by atoms with Gasteiger partial charge >= 0.3 is 0 Å². The molecule has 0 spiro atoms. The fraction of sp³-hybridized carbons (Fsp3) is 0. The van der Waals surface area contributed by atoms with Gasteiger partial charge < -0.3 is 0 Å². The molecule has 0 saturated carbocycles. The molecule has 1 aromatic carbocycles. The number of hydrogen-bond acceptors (Lipinski definition) is 6. The van der Waals surface area contributed by atoms with Crippen molar-refractivity contribution in [1.29, 1.82) is 0 Å². The summed E-state index contributed by atoms with van der Waals surface area (Å²) in [6.07, 6.45) is 4.78. The standard InChI is InChI=1S/C13H7FN6S/c14-9-3-1-8(2-4-9)12-19-20-11(17-18-13(20)21-12)10-7-15-5-6-16-10/h1-7H. The van der Waals surface area contributed by atoms with Crippen LogP contribution in [0.3, 0.4) is 0 Å². The predicted molar refractivity (Wildman–Crippen MR) is 75.1 cm³/mol. The first-order chi connectivity index (χ1) is 10.3. The smallest absolute Gasteiger partial charge is 0.235 e. The lowest BCUT2D eigenvalue weighted by Crippen LogP contribution is -1.93. The molecule has 8 heteroatoms. The summed E-state index contributed by atoms with van der Waals surface area (Å²) in [6, 6.07) is 6.18. The Labute approximate surface area is 122 Å². The van der Waals surface area contributed by atoms with Gasteiger partial charge in [-0.25, -0.2) is 9.37 Å². The molecular formula is C13H7FN6S. The second-order valence-electron chi connectivity index (χ2n) is 4.22. The summed E-state index contributed by atoms with van der Waals surface area (Å²) in [5, 5.41) is 13.4. The van der Waals surface area contributed by atoms with Gasteiger partial charge in [-0.3, -0.25) is 4.98 Å². The van der Waals surface area contributed by atoms with Crippen molar-refractivity contribution in [3.63, 3.8) is 0 Å². The Balaban J connectivity index is 1.84. The van der Waals surface area contributed by atoms with E-state index < -0.39 is 0 Å². The van der Waals surface area contributed by atoms with Crippen molar-refractivity contribution in [1.82, 2.24) is 29.8 Å². The summed E-state index contributed by atoms with van der Waals surface area (Å²) in [4.78, 5) is 8.85. The van der Waals surface area contributed by atoms with Crippen LogP contribution in [-0.4, -0.2) is 29.8 Å². The van der Waals surface area contributed by atoms with Crippen LogP contribution in [0.4, 0.5) is 4.39 Å². The number of rotatable bonds is 2. The zero-order valence-electron chi connectivity index (χ0n) is 10.5. The van der Waals surface area contributed by atoms with E-state index in [0.717, 1.165) is 10.6 Å². The van der Waals surface area contributed by atoms with Gasteiger partial charge in [-0.05, 0) is 24.3 Å². The molecule has 0 radical (unpaired) electrons. The lowest BCUT2D eigenvalue weighted by Gasteiger charge is -1.95. The van der Waals surface area contributed by atoms with E-state index >= 15 is 0 Å². The van der Waals surface area contributed by atoms with E-state index in [4.69, 9.17) is 0 Å². The highest BCUT2D eigenvalue weighted by molar-refractivity contribution is 7.19. The first-order valence-corrected chi connectivity index (χ1v) is 6.87. The number of benzene rings is 1. The van der Waals surface area contributed by atoms with Gasteiger partial charge in [0.2, 0.25) is 10.8 Å². The SMILES string of the molecule is Fc1ccc(-c2nn3c(-c4cnccn4)nnc3s2)cc1. The van der Waals surface area contributed by atoms with Gasteiger partial charge in [0, 0.05) is 18.0 Å². The second kappa shape index (κ2) is 4.67. The predicted octanol–water partition coefficient (Wildman–Crippen LogP) is 2.45. The average molecular weight is 298 g/mol. The van der Waals surface area contributed by atoms with Crippen molar-refractivity contribution in [2.75, 3.05) is 0 Å². The summed E-state index contributed by atoms with van der Waals surface area (Å²) in [6.45, 7) is 0. The number of aromatic nitrogens is 6. The molecule has 102 valence electrons. The van der Waals surface area contributed by atoms with E-state index in [1.165, 1.54) is 23.5 Å². The zero-order chi connectivity index (χ0) is 14.2. The van der Waals surface area contributed by atoms with Gasteiger partial charge in [-0.2, -0.15) is 9.61 Å². The van der Waals surface area contributed by atoms with Crippen LogP contribution in [0.5, 0.6) is 0 Å². The maximum absolute atomic E-state index is 13.0. The topological polar surface area (TPSA) is 68.9 Å². The van der Waals surface area contributed by atoms with E-state index in [2.05, 4.69) is 25.3 Å². The number of halogens is 1. The molecule has 0 atom stereocenters. The third-order valence-electron chi connectivity index (χ3n) is 2.87. The highest BCUT2D eigenvalue weighted by Crippen LogP contribution is 2.27. The van der Waals surface area contributed by atoms with Crippen LogP contribution in [0, 0.1) is 5.82 Å². The normalized spacial score (nSPS) is 11.1. The van der Waals surface area contributed by atoms with E-state index in [9.17, 15) is 4.39 Å². The molecule has 0 bridgehead atoms. The van der Waals surface area contributed by atoms with Crippen LogP contribution in [0.15, 0.2) is 42.9 Å². The average Bonchev–Trinajstić information content (AvgIpc) is 3.09. The lowest BCUT2D eigenvalue weighted by atomic mass is 10.2. The molecule has 0 saturated heterocycles. The van der Waals surface area contributed by atoms with Gasteiger partial charge in [0.25, 0.3) is 0 Å². The van der Waals surface area contributed by atoms with Crippen molar-refractivity contribution in [3.8, 4) is 22.1 Å². The van der Waals surface area contributed by atoms with Gasteiger partial charge in [-0.15, -0.1) is 10.2 Å². The summed E-state index contributed by atoms with van der Waals surface area (Å²) in [5.41, 5.74) is 1.43. The van der Waals surface area contributed by atoms with Crippen LogP contribution in [0.2, 0.25) is 0 Å². The number of fused-ring (bicyclic) bond motifs is 1. The van der Waals surface area contributed by atoms with E-state index in [1.54, 1.807) is 35.2 Å². The molecule has 4 aromatic rings. The summed E-state index contributed by atoms with van der Waals surface area (Å²) < 4.78 is 14.6. The molecule has 0 aliphatic rings. The summed E-state index contributed by atoms with van der Waals surface area (Å²) in [7, 11) is 0. The molecule has 21 heavy (non-hydrogen) atoms. The zero-order valence-corrected chi connectivity index (χ0v) is 11.3. The monoisotopic (exact) mass is 298 g/mol. The first kappa shape index (κ1) is 12.0. The minimum atomic E-state index is -0.276. The summed E-state index contributed by atoms with van der Waals surface area (Å²) in [5.74, 6) is 0.254. The third kappa shape index (κ3) is 2.05. The molecule has 4 rings (SSSR count). The molecule has 6 nitrogen and oxygen atoms in total. The van der Waals surface area contributed by atoms with Crippen molar-refractivity contribution in [3.05, 3.63) is 48.7 Å². The molecular weight excluding hydrogens is 291 g/mol. The van der Waals surface area contributed by atoms with E-state index in [1.807, 2.05) is 0 Å². The minimum absolute atomic E-state index is 0.276. The highest BCUT2D eigenvalue weighted by Gasteiger charge is 2.15. The van der Waals surface area contributed by atoms with Crippen LogP contribution < -0.4 is 0 Å². The fourth-order valence-electron chi connectivity index (χ4n) is 1.90. The Hall–Kier alpha value is -2.74. The quantitative estimate of drug-likeness (QED) is 0.568. The third-order valence-corrected chi connectivity index (χ3v) is 3.82. The molecule has 0 fully saturated rings. The Morgan fingerprint density at radius 1 is 1.05 bits per heavy atom. The van der Waals surface area contributed by atoms with Gasteiger partial charge in [0.05, 0.1) is 6.20 Å². The molecule has 3 aromatic heterocycles. The highest BCUT2D eigenvalue weighted by atomic mass is 32.1. The minimum Gasteiger partial charge on any atom is -0.261 e.